The highest BCUT2D eigenvalue weighted by atomic mass is 16.4. The van der Waals surface area contributed by atoms with Gasteiger partial charge in [-0.15, -0.1) is 0 Å². The molecule has 0 spiro atoms. The van der Waals surface area contributed by atoms with Gasteiger partial charge in [0.2, 0.25) is 0 Å². The van der Waals surface area contributed by atoms with Crippen LogP contribution < -0.4 is 11.5 Å². The van der Waals surface area contributed by atoms with E-state index >= 15 is 0 Å². The maximum atomic E-state index is 10.1. The highest BCUT2D eigenvalue weighted by Gasteiger charge is 2.14. The summed E-state index contributed by atoms with van der Waals surface area (Å²) in [6.07, 6.45) is 0.551. The molecule has 0 saturated heterocycles. The summed E-state index contributed by atoms with van der Waals surface area (Å²) in [6, 6.07) is -1.40. The molecule has 0 aliphatic carbocycles. The molecule has 0 rings (SSSR count). The van der Waals surface area contributed by atoms with Crippen LogP contribution >= 0.6 is 0 Å². The number of hydrogen-bond acceptors (Lipinski definition) is 4. The number of carboxylic acid groups (broad SMARTS) is 2. The smallest absolute Gasteiger partial charge is 0.320 e. The van der Waals surface area contributed by atoms with Crippen LogP contribution in [0.25, 0.3) is 0 Å². The van der Waals surface area contributed by atoms with Crippen molar-refractivity contribution in [3.05, 3.63) is 0 Å². The highest BCUT2D eigenvalue weighted by Crippen LogP contribution is 2.01. The molecule has 17 heavy (non-hydrogen) atoms. The fourth-order valence-corrected chi connectivity index (χ4v) is 0.894. The lowest BCUT2D eigenvalue weighted by molar-refractivity contribution is -0.140. The first-order valence-corrected chi connectivity index (χ1v) is 5.56. The van der Waals surface area contributed by atoms with Crippen molar-refractivity contribution in [1.29, 1.82) is 0 Å². The molecule has 0 aliphatic rings. The van der Waals surface area contributed by atoms with Gasteiger partial charge in [0.25, 0.3) is 0 Å². The minimum absolute atomic E-state index is 0.0208. The summed E-state index contributed by atoms with van der Waals surface area (Å²) in [5.41, 5.74) is 10.4. The van der Waals surface area contributed by atoms with Crippen LogP contribution in [-0.4, -0.2) is 34.2 Å². The summed E-state index contributed by atoms with van der Waals surface area (Å²) < 4.78 is 0. The van der Waals surface area contributed by atoms with Crippen LogP contribution in [0.15, 0.2) is 0 Å². The monoisotopic (exact) mass is 248 g/mol. The lowest BCUT2D eigenvalue weighted by Gasteiger charge is -2.07. The van der Waals surface area contributed by atoms with E-state index in [0.29, 0.717) is 12.3 Å². The van der Waals surface area contributed by atoms with Crippen molar-refractivity contribution in [2.45, 2.75) is 46.2 Å². The molecule has 0 heterocycles. The minimum atomic E-state index is -0.931. The molecule has 0 amide bonds. The van der Waals surface area contributed by atoms with Crippen molar-refractivity contribution in [2.75, 3.05) is 0 Å². The molecule has 6 nitrogen and oxygen atoms in total. The molecule has 0 aromatic carbocycles. The summed E-state index contributed by atoms with van der Waals surface area (Å²) in [7, 11) is 0. The normalized spacial score (nSPS) is 13.9. The number of carbonyl (C=O) groups is 2. The fraction of sp³-hybridized carbons (Fsp3) is 0.818. The molecule has 2 atom stereocenters. The predicted molar refractivity (Wildman–Crippen MR) is 65.5 cm³/mol. The highest BCUT2D eigenvalue weighted by molar-refractivity contribution is 5.73. The Hall–Kier alpha value is -1.14. The van der Waals surface area contributed by atoms with Gasteiger partial charge in [-0.05, 0) is 18.3 Å². The van der Waals surface area contributed by atoms with E-state index in [9.17, 15) is 9.59 Å². The standard InChI is InChI=1S/C6H13NO2.C5H11NO2/c1-4(2)3-5(7)6(8)9;1-3(2)4(6)5(7)8/h4-5H,3,7H2,1-2H3,(H,8,9);3-4H,6H2,1-2H3,(H,7,8). The van der Waals surface area contributed by atoms with Gasteiger partial charge in [0.05, 0.1) is 0 Å². The van der Waals surface area contributed by atoms with Crippen molar-refractivity contribution in [1.82, 2.24) is 0 Å². The van der Waals surface area contributed by atoms with Crippen LogP contribution in [0.2, 0.25) is 0 Å². The zero-order valence-corrected chi connectivity index (χ0v) is 10.9. The number of rotatable bonds is 5. The second kappa shape index (κ2) is 8.95. The Kier molecular flexibility index (Phi) is 9.60. The number of nitrogens with two attached hydrogens (primary N) is 2. The summed E-state index contributed by atoms with van der Waals surface area (Å²) in [6.45, 7) is 7.45. The molecule has 0 saturated carbocycles. The van der Waals surface area contributed by atoms with Gasteiger partial charge in [0.1, 0.15) is 12.1 Å². The van der Waals surface area contributed by atoms with E-state index in [0.717, 1.165) is 0 Å². The van der Waals surface area contributed by atoms with E-state index in [2.05, 4.69) is 0 Å². The molecule has 0 radical (unpaired) electrons. The van der Waals surface area contributed by atoms with Gasteiger partial charge in [-0.25, -0.2) is 0 Å². The van der Waals surface area contributed by atoms with E-state index in [1.807, 2.05) is 13.8 Å². The van der Waals surface area contributed by atoms with Gasteiger partial charge < -0.3 is 21.7 Å². The van der Waals surface area contributed by atoms with Crippen molar-refractivity contribution < 1.29 is 19.8 Å². The first kappa shape index (κ1) is 18.2. The molecule has 2 unspecified atom stereocenters. The van der Waals surface area contributed by atoms with Gasteiger partial charge in [-0.3, -0.25) is 9.59 Å². The molecule has 0 fully saturated rings. The third-order valence-electron chi connectivity index (χ3n) is 2.05. The molecule has 0 aliphatic heterocycles. The van der Waals surface area contributed by atoms with Crippen molar-refractivity contribution in [3.8, 4) is 0 Å². The number of carboxylic acids is 2. The topological polar surface area (TPSA) is 127 Å². The van der Waals surface area contributed by atoms with Gasteiger partial charge in [0.15, 0.2) is 0 Å². The zero-order valence-electron chi connectivity index (χ0n) is 10.9. The minimum Gasteiger partial charge on any atom is -0.480 e. The van der Waals surface area contributed by atoms with E-state index < -0.39 is 24.0 Å². The van der Waals surface area contributed by atoms with Crippen LogP contribution in [0.4, 0.5) is 0 Å². The average Bonchev–Trinajstić information content (AvgIpc) is 2.15. The summed E-state index contributed by atoms with van der Waals surface area (Å²) >= 11 is 0. The first-order chi connectivity index (χ1) is 7.59. The van der Waals surface area contributed by atoms with Crippen LogP contribution in [-0.2, 0) is 9.59 Å². The predicted octanol–water partition coefficient (Wildman–Crippen LogP) is 0.499. The Balaban J connectivity index is 0. The molecule has 0 aromatic heterocycles. The third kappa shape index (κ3) is 11.1. The zero-order chi connectivity index (χ0) is 14.2. The summed E-state index contributed by atoms with van der Waals surface area (Å²) in [4.78, 5) is 20.1. The quantitative estimate of drug-likeness (QED) is 0.561. The Morgan fingerprint density at radius 2 is 1.41 bits per heavy atom. The van der Waals surface area contributed by atoms with Gasteiger partial charge in [0, 0.05) is 0 Å². The first-order valence-electron chi connectivity index (χ1n) is 5.56. The molecule has 0 aromatic rings. The molecular formula is C11H24N2O4. The third-order valence-corrected chi connectivity index (χ3v) is 2.05. The second-order valence-electron chi connectivity index (χ2n) is 4.68. The van der Waals surface area contributed by atoms with Crippen LogP contribution in [0, 0.1) is 11.8 Å². The SMILES string of the molecule is CC(C)C(N)C(=O)O.CC(C)CC(N)C(=O)O. The molecule has 0 bridgehead atoms. The van der Waals surface area contributed by atoms with E-state index in [4.69, 9.17) is 21.7 Å². The van der Waals surface area contributed by atoms with E-state index in [-0.39, 0.29) is 5.92 Å². The largest absolute Gasteiger partial charge is 0.480 e. The number of hydrogen-bond donors (Lipinski definition) is 4. The van der Waals surface area contributed by atoms with E-state index in [1.165, 1.54) is 0 Å². The average molecular weight is 248 g/mol. The Morgan fingerprint density at radius 1 is 1.00 bits per heavy atom. The maximum Gasteiger partial charge on any atom is 0.320 e. The van der Waals surface area contributed by atoms with Crippen LogP contribution in [0.1, 0.15) is 34.1 Å². The summed E-state index contributed by atoms with van der Waals surface area (Å²) in [5.74, 6) is -1.47. The van der Waals surface area contributed by atoms with E-state index in [1.54, 1.807) is 13.8 Å². The van der Waals surface area contributed by atoms with Gasteiger partial charge >= 0.3 is 11.9 Å². The molecule has 102 valence electrons. The molecular weight excluding hydrogens is 224 g/mol. The van der Waals surface area contributed by atoms with Gasteiger partial charge in [-0.1, -0.05) is 27.7 Å². The molecule has 6 heteroatoms. The van der Waals surface area contributed by atoms with Crippen molar-refractivity contribution in [3.63, 3.8) is 0 Å². The molecule has 6 N–H and O–H groups in total. The Labute approximate surface area is 102 Å². The lowest BCUT2D eigenvalue weighted by Crippen LogP contribution is -2.34. The van der Waals surface area contributed by atoms with Crippen molar-refractivity contribution in [2.24, 2.45) is 23.3 Å². The fourth-order valence-electron chi connectivity index (χ4n) is 0.894. The maximum absolute atomic E-state index is 10.1. The lowest BCUT2D eigenvalue weighted by atomic mass is 10.1. The van der Waals surface area contributed by atoms with Crippen LogP contribution in [0.5, 0.6) is 0 Å². The number of aliphatic carboxylic acids is 2. The van der Waals surface area contributed by atoms with Crippen LogP contribution in [0.3, 0.4) is 0 Å². The second-order valence-corrected chi connectivity index (χ2v) is 4.68. The Morgan fingerprint density at radius 3 is 1.47 bits per heavy atom. The Bertz CT molecular complexity index is 242. The van der Waals surface area contributed by atoms with Gasteiger partial charge in [-0.2, -0.15) is 0 Å². The van der Waals surface area contributed by atoms with Crippen molar-refractivity contribution >= 4 is 11.9 Å². The summed E-state index contributed by atoms with van der Waals surface area (Å²) in [5, 5.41) is 16.5.